The van der Waals surface area contributed by atoms with Gasteiger partial charge in [0.25, 0.3) is 5.56 Å². The van der Waals surface area contributed by atoms with E-state index in [2.05, 4.69) is 10.3 Å². The van der Waals surface area contributed by atoms with Gasteiger partial charge in [-0.1, -0.05) is 6.07 Å². The Hall–Kier alpha value is -2.60. The van der Waals surface area contributed by atoms with Crippen molar-refractivity contribution in [2.24, 2.45) is 4.99 Å². The molecule has 0 amide bonds. The number of aliphatic hydroxyl groups is 3. The molecule has 2 fully saturated rings. The summed E-state index contributed by atoms with van der Waals surface area (Å²) in [5, 5.41) is 44.4. The predicted molar refractivity (Wildman–Crippen MR) is 128 cm³/mol. The molecule has 2 aliphatic heterocycles. The average Bonchev–Trinajstić information content (AvgIpc) is 2.90. The molecule has 2 saturated heterocycles. The summed E-state index contributed by atoms with van der Waals surface area (Å²) in [7, 11) is 2.48. The van der Waals surface area contributed by atoms with Crippen molar-refractivity contribution in [3.05, 3.63) is 34.7 Å². The van der Waals surface area contributed by atoms with Crippen LogP contribution in [0, 0.1) is 0 Å². The Labute approximate surface area is 217 Å². The number of nitrogens with zero attached hydrogens (tertiary/aromatic N) is 2. The van der Waals surface area contributed by atoms with E-state index in [1.54, 1.807) is 18.3 Å². The molecule has 3 heterocycles. The van der Waals surface area contributed by atoms with Crippen LogP contribution in [0.25, 0.3) is 0 Å². The van der Waals surface area contributed by atoms with Gasteiger partial charge in [0, 0.05) is 39.2 Å². The Bertz CT molecular complexity index is 1010. The first-order valence-corrected chi connectivity index (χ1v) is 11.8. The van der Waals surface area contributed by atoms with E-state index in [-0.39, 0.29) is 25.2 Å². The normalized spacial score (nSPS) is 35.8. The number of hydrogen-bond donors (Lipinski definition) is 5. The van der Waals surface area contributed by atoms with E-state index in [9.17, 15) is 34.8 Å². The maximum Gasteiger partial charge on any atom is 0.335 e. The summed E-state index contributed by atoms with van der Waals surface area (Å²) in [5.74, 6) is -1.46. The van der Waals surface area contributed by atoms with Crippen molar-refractivity contribution < 1.29 is 53.7 Å². The van der Waals surface area contributed by atoms with Crippen LogP contribution in [-0.2, 0) is 39.8 Å². The Balaban J connectivity index is 1.79. The summed E-state index contributed by atoms with van der Waals surface area (Å²) in [5.41, 5.74) is -0.197. The standard InChI is InChI=1S/C23H33N3O12/c1-34-19-16(30)17(31)23(38-20(19)21(32)33)37-18-14(25-7-10-27)22(35-2)36-12(15(18)29)11-24-6-9-26-8-4-3-5-13(26)28/h3-5,8,10-12,14-20,22-23,25,29-31H,6-7,9H2,1-2H3,(H,32,33). The van der Waals surface area contributed by atoms with E-state index in [0.717, 1.165) is 7.11 Å². The van der Waals surface area contributed by atoms with Crippen molar-refractivity contribution in [1.29, 1.82) is 0 Å². The number of methoxy groups -OCH3 is 2. The van der Waals surface area contributed by atoms with Crippen LogP contribution in [0.5, 0.6) is 0 Å². The van der Waals surface area contributed by atoms with Gasteiger partial charge in [-0.15, -0.1) is 0 Å². The predicted octanol–water partition coefficient (Wildman–Crippen LogP) is -3.26. The van der Waals surface area contributed by atoms with Crippen LogP contribution in [0.3, 0.4) is 0 Å². The van der Waals surface area contributed by atoms with Crippen molar-refractivity contribution in [3.8, 4) is 0 Å². The van der Waals surface area contributed by atoms with Crippen molar-refractivity contribution in [1.82, 2.24) is 9.88 Å². The number of aliphatic hydroxyl groups excluding tert-OH is 3. The molecule has 0 radical (unpaired) electrons. The third kappa shape index (κ3) is 6.88. The number of nitrogens with one attached hydrogen (secondary N) is 1. The topological polar surface area (TPSA) is 208 Å². The molecule has 212 valence electrons. The molecular weight excluding hydrogens is 510 g/mol. The van der Waals surface area contributed by atoms with Crippen LogP contribution in [0.2, 0.25) is 0 Å². The van der Waals surface area contributed by atoms with Crippen LogP contribution >= 0.6 is 0 Å². The first-order chi connectivity index (χ1) is 18.2. The number of aliphatic carboxylic acids is 1. The number of carbonyl (C=O) groups is 2. The number of carboxylic acids is 1. The number of aromatic nitrogens is 1. The zero-order valence-corrected chi connectivity index (χ0v) is 20.8. The minimum atomic E-state index is -1.74. The molecule has 3 rings (SSSR count). The molecule has 10 atom stereocenters. The number of hydrogen-bond acceptors (Lipinski definition) is 13. The number of aliphatic imine (C=N–C) groups is 1. The molecule has 0 aromatic carbocycles. The minimum absolute atomic E-state index is 0.175. The molecule has 0 aliphatic carbocycles. The van der Waals surface area contributed by atoms with Gasteiger partial charge in [-0.05, 0) is 6.07 Å². The second kappa shape index (κ2) is 14.0. The molecule has 0 saturated carbocycles. The number of carbonyl (C=O) groups excluding carboxylic acids is 1. The minimum Gasteiger partial charge on any atom is -0.479 e. The highest BCUT2D eigenvalue weighted by Crippen LogP contribution is 2.30. The maximum absolute atomic E-state index is 11.8. The van der Waals surface area contributed by atoms with Gasteiger partial charge in [-0.25, -0.2) is 4.79 Å². The fourth-order valence-corrected chi connectivity index (χ4v) is 4.32. The molecule has 15 heteroatoms. The summed E-state index contributed by atoms with van der Waals surface area (Å²) in [6.07, 6.45) is -9.63. The summed E-state index contributed by atoms with van der Waals surface area (Å²) in [6.45, 7) is 0.278. The van der Waals surface area contributed by atoms with Gasteiger partial charge in [0.1, 0.15) is 42.9 Å². The zero-order chi connectivity index (χ0) is 27.8. The van der Waals surface area contributed by atoms with Gasteiger partial charge in [-0.2, -0.15) is 0 Å². The van der Waals surface area contributed by atoms with Gasteiger partial charge < -0.3 is 58.8 Å². The highest BCUT2D eigenvalue weighted by Gasteiger charge is 2.52. The van der Waals surface area contributed by atoms with E-state index in [1.165, 1.54) is 24.0 Å². The molecule has 15 nitrogen and oxygen atoms in total. The van der Waals surface area contributed by atoms with Crippen molar-refractivity contribution in [2.75, 3.05) is 27.3 Å². The molecule has 0 spiro atoms. The fourth-order valence-electron chi connectivity index (χ4n) is 4.32. The van der Waals surface area contributed by atoms with Gasteiger partial charge in [-0.3, -0.25) is 9.79 Å². The smallest absolute Gasteiger partial charge is 0.335 e. The van der Waals surface area contributed by atoms with Crippen molar-refractivity contribution in [2.45, 2.75) is 67.9 Å². The van der Waals surface area contributed by atoms with E-state index in [4.69, 9.17) is 23.7 Å². The summed E-state index contributed by atoms with van der Waals surface area (Å²) in [6, 6.07) is 3.76. The second-order valence-corrected chi connectivity index (χ2v) is 8.63. The van der Waals surface area contributed by atoms with Gasteiger partial charge in [0.05, 0.1) is 19.1 Å². The van der Waals surface area contributed by atoms with Crippen LogP contribution in [0.1, 0.15) is 0 Å². The van der Waals surface area contributed by atoms with E-state index >= 15 is 0 Å². The van der Waals surface area contributed by atoms with Crippen LogP contribution in [-0.4, -0.2) is 132 Å². The Morgan fingerprint density at radius 1 is 1.11 bits per heavy atom. The van der Waals surface area contributed by atoms with E-state index in [0.29, 0.717) is 6.29 Å². The number of rotatable bonds is 12. The Morgan fingerprint density at radius 2 is 1.87 bits per heavy atom. The molecule has 10 unspecified atom stereocenters. The lowest BCUT2D eigenvalue weighted by molar-refractivity contribution is -0.334. The largest absolute Gasteiger partial charge is 0.479 e. The monoisotopic (exact) mass is 543 g/mol. The average molecular weight is 544 g/mol. The summed E-state index contributed by atoms with van der Waals surface area (Å²) in [4.78, 5) is 38.8. The SMILES string of the molecule is COC1OC(C=NCCn2ccccc2=O)C(O)C(OC2OC(C(=O)O)C(OC)C(O)C2O)C1NCC=O. The summed E-state index contributed by atoms with van der Waals surface area (Å²) >= 11 is 0. The van der Waals surface area contributed by atoms with Gasteiger partial charge >= 0.3 is 5.97 Å². The molecule has 5 N–H and O–H groups in total. The molecule has 1 aromatic heterocycles. The maximum atomic E-state index is 11.8. The summed E-state index contributed by atoms with van der Waals surface area (Å²) < 4.78 is 28.8. The third-order valence-electron chi connectivity index (χ3n) is 6.25. The Morgan fingerprint density at radius 3 is 2.50 bits per heavy atom. The number of aldehydes is 1. The third-order valence-corrected chi connectivity index (χ3v) is 6.25. The van der Waals surface area contributed by atoms with Crippen molar-refractivity contribution >= 4 is 18.5 Å². The second-order valence-electron chi connectivity index (χ2n) is 8.63. The number of ether oxygens (including phenoxy) is 5. The van der Waals surface area contributed by atoms with Crippen molar-refractivity contribution in [3.63, 3.8) is 0 Å². The quantitative estimate of drug-likeness (QED) is 0.130. The number of pyridine rings is 1. The number of carboxylic acid groups (broad SMARTS) is 1. The van der Waals surface area contributed by atoms with Gasteiger partial charge in [0.15, 0.2) is 18.7 Å². The molecule has 38 heavy (non-hydrogen) atoms. The fraction of sp³-hybridized carbons (Fsp3) is 0.652. The molecule has 0 bridgehead atoms. The molecular formula is C23H33N3O12. The lowest BCUT2D eigenvalue weighted by Crippen LogP contribution is -2.67. The highest BCUT2D eigenvalue weighted by molar-refractivity contribution is 5.73. The molecule has 1 aromatic rings. The highest BCUT2D eigenvalue weighted by atomic mass is 16.7. The van der Waals surface area contributed by atoms with Crippen LogP contribution in [0.4, 0.5) is 0 Å². The van der Waals surface area contributed by atoms with Gasteiger partial charge in [0.2, 0.25) is 0 Å². The zero-order valence-electron chi connectivity index (χ0n) is 20.8. The lowest BCUT2D eigenvalue weighted by Gasteiger charge is -2.47. The van der Waals surface area contributed by atoms with E-state index < -0.39 is 67.3 Å². The molecule has 2 aliphatic rings. The first-order valence-electron chi connectivity index (χ1n) is 11.8. The lowest BCUT2D eigenvalue weighted by atomic mass is 9.95. The van der Waals surface area contributed by atoms with E-state index in [1.807, 2.05) is 0 Å². The first kappa shape index (κ1) is 29.9. The van der Waals surface area contributed by atoms with Crippen LogP contribution < -0.4 is 10.9 Å². The van der Waals surface area contributed by atoms with Crippen LogP contribution in [0.15, 0.2) is 34.2 Å². The Kier molecular flexibility index (Phi) is 11.0.